The Kier molecular flexibility index (Phi) is 15.9. The number of hydrogen-bond donors (Lipinski definition) is 12. The highest BCUT2D eigenvalue weighted by molar-refractivity contribution is 5.97. The van der Waals surface area contributed by atoms with Crippen LogP contribution in [0.3, 0.4) is 0 Å². The van der Waals surface area contributed by atoms with Gasteiger partial charge in [-0.1, -0.05) is 32.0 Å². The number of amides is 6. The molecule has 6 amide bonds. The number of aliphatic hydroxyl groups is 2. The van der Waals surface area contributed by atoms with Crippen LogP contribution < -0.4 is 37.6 Å². The second-order valence-electron chi connectivity index (χ2n) is 11.8. The standard InChI is InChI=1S/C31H44N8O12/c1-14(2)25(39-23(42)10-32)30(49)38-21(12-40)28(47)34-15(3)26(45)37-22(13-41)29(48)35-19(9-24(43)44)27(46)36-20(31(50)51)8-16-11-33-18-7-5-4-6-17(16)18/h4-7,11,14-15,19-22,25,33,40-41H,8-10,12-13,32H2,1-3H3,(H,34,47)(H,35,48)(H,36,46)(H,37,45)(H,38,49)(H,39,42)(H,43,44)(H,50,51)/t15-,19-,20-,21-,22-,25-/m0/s1. The van der Waals surface area contributed by atoms with E-state index >= 15 is 0 Å². The number of carbonyl (C=O) groups is 8. The molecule has 0 saturated heterocycles. The first kappa shape index (κ1) is 41.6. The van der Waals surface area contributed by atoms with Crippen molar-refractivity contribution in [3.63, 3.8) is 0 Å². The molecule has 20 nitrogen and oxygen atoms in total. The molecule has 6 atom stereocenters. The van der Waals surface area contributed by atoms with Crippen LogP contribution >= 0.6 is 0 Å². The van der Waals surface area contributed by atoms with Crippen molar-refractivity contribution in [1.29, 1.82) is 0 Å². The highest BCUT2D eigenvalue weighted by atomic mass is 16.4. The van der Waals surface area contributed by atoms with E-state index < -0.39 is 116 Å². The molecule has 0 aliphatic carbocycles. The number of aromatic amines is 1. The van der Waals surface area contributed by atoms with E-state index in [0.717, 1.165) is 5.52 Å². The third kappa shape index (κ3) is 12.3. The Morgan fingerprint density at radius 2 is 1.24 bits per heavy atom. The Labute approximate surface area is 291 Å². The molecule has 0 fully saturated rings. The number of hydrogen-bond acceptors (Lipinski definition) is 11. The monoisotopic (exact) mass is 720 g/mol. The highest BCUT2D eigenvalue weighted by Crippen LogP contribution is 2.19. The van der Waals surface area contributed by atoms with Crippen LogP contribution in [0.1, 0.15) is 32.8 Å². The Morgan fingerprint density at radius 3 is 1.78 bits per heavy atom. The highest BCUT2D eigenvalue weighted by Gasteiger charge is 2.33. The lowest BCUT2D eigenvalue weighted by Crippen LogP contribution is -2.60. The lowest BCUT2D eigenvalue weighted by molar-refractivity contribution is -0.143. The minimum atomic E-state index is -1.83. The van der Waals surface area contributed by atoms with Gasteiger partial charge in [-0.05, 0) is 24.5 Å². The summed E-state index contributed by atoms with van der Waals surface area (Å²) in [6.07, 6.45) is 0.383. The second-order valence-corrected chi connectivity index (χ2v) is 11.8. The van der Waals surface area contributed by atoms with Crippen molar-refractivity contribution < 1.29 is 58.8 Å². The molecule has 0 bridgehead atoms. The summed E-state index contributed by atoms with van der Waals surface area (Å²) in [6.45, 7) is 2.06. The van der Waals surface area contributed by atoms with Gasteiger partial charge in [-0.15, -0.1) is 0 Å². The van der Waals surface area contributed by atoms with Crippen LogP contribution in [-0.4, -0.2) is 129 Å². The Hall–Kier alpha value is -5.60. The number of nitrogens with one attached hydrogen (secondary N) is 7. The van der Waals surface area contributed by atoms with Crippen LogP contribution in [0.2, 0.25) is 0 Å². The summed E-state index contributed by atoms with van der Waals surface area (Å²) >= 11 is 0. The van der Waals surface area contributed by atoms with Gasteiger partial charge >= 0.3 is 11.9 Å². The Morgan fingerprint density at radius 1 is 0.706 bits per heavy atom. The average molecular weight is 721 g/mol. The van der Waals surface area contributed by atoms with Crippen LogP contribution in [-0.2, 0) is 44.8 Å². The van der Waals surface area contributed by atoms with Gasteiger partial charge in [-0.2, -0.15) is 0 Å². The van der Waals surface area contributed by atoms with E-state index in [1.54, 1.807) is 44.3 Å². The van der Waals surface area contributed by atoms with Crippen molar-refractivity contribution in [3.8, 4) is 0 Å². The van der Waals surface area contributed by atoms with Gasteiger partial charge in [0.2, 0.25) is 35.4 Å². The number of benzene rings is 1. The van der Waals surface area contributed by atoms with Gasteiger partial charge in [0.05, 0.1) is 26.2 Å². The fourth-order valence-electron chi connectivity index (χ4n) is 4.74. The van der Waals surface area contributed by atoms with E-state index in [2.05, 4.69) is 36.9 Å². The molecule has 2 rings (SSSR count). The van der Waals surface area contributed by atoms with E-state index in [1.807, 2.05) is 0 Å². The number of carboxylic acid groups (broad SMARTS) is 2. The van der Waals surface area contributed by atoms with Crippen molar-refractivity contribution in [1.82, 2.24) is 36.9 Å². The lowest BCUT2D eigenvalue weighted by atomic mass is 10.0. The van der Waals surface area contributed by atoms with Crippen LogP contribution in [0.5, 0.6) is 0 Å². The molecule has 0 aliphatic heterocycles. The number of aromatic nitrogens is 1. The molecule has 13 N–H and O–H groups in total. The first-order valence-corrected chi connectivity index (χ1v) is 15.7. The fraction of sp³-hybridized carbons (Fsp3) is 0.484. The minimum Gasteiger partial charge on any atom is -0.481 e. The SMILES string of the molecule is CC(C)[C@H](NC(=O)CN)C(=O)N[C@@H](CO)C(=O)N[C@@H](C)C(=O)N[C@@H](CO)C(=O)N[C@@H](CC(=O)O)C(=O)N[C@@H](Cc1c[nH]c2ccccc12)C(=O)O. The molecule has 0 aliphatic rings. The maximum Gasteiger partial charge on any atom is 0.326 e. The van der Waals surface area contributed by atoms with Crippen LogP contribution in [0.4, 0.5) is 0 Å². The van der Waals surface area contributed by atoms with Crippen molar-refractivity contribution in [2.24, 2.45) is 11.7 Å². The molecule has 0 spiro atoms. The molecule has 0 unspecified atom stereocenters. The minimum absolute atomic E-state index is 0.193. The molecule has 0 radical (unpaired) electrons. The number of fused-ring (bicyclic) bond motifs is 1. The third-order valence-corrected chi connectivity index (χ3v) is 7.56. The Bertz CT molecular complexity index is 1600. The Balaban J connectivity index is 2.06. The van der Waals surface area contributed by atoms with Crippen molar-refractivity contribution in [3.05, 3.63) is 36.0 Å². The number of nitrogens with two attached hydrogens (primary N) is 1. The number of aliphatic carboxylic acids is 2. The van der Waals surface area contributed by atoms with Crippen molar-refractivity contribution in [2.75, 3.05) is 19.8 Å². The van der Waals surface area contributed by atoms with Crippen LogP contribution in [0.15, 0.2) is 30.5 Å². The predicted molar refractivity (Wildman–Crippen MR) is 177 cm³/mol. The summed E-state index contributed by atoms with van der Waals surface area (Å²) < 4.78 is 0. The van der Waals surface area contributed by atoms with E-state index in [9.17, 15) is 58.8 Å². The van der Waals surface area contributed by atoms with E-state index in [-0.39, 0.29) is 6.42 Å². The summed E-state index contributed by atoms with van der Waals surface area (Å²) in [5.41, 5.74) is 6.54. The molecular weight excluding hydrogens is 676 g/mol. The summed E-state index contributed by atoms with van der Waals surface area (Å²) in [5, 5.41) is 52.7. The number of aliphatic hydroxyl groups excluding tert-OH is 2. The summed E-state index contributed by atoms with van der Waals surface area (Å²) in [5.74, 6) is -9.30. The quantitative estimate of drug-likeness (QED) is 0.0618. The zero-order valence-electron chi connectivity index (χ0n) is 28.1. The van der Waals surface area contributed by atoms with Gasteiger partial charge in [-0.3, -0.25) is 33.6 Å². The maximum atomic E-state index is 13.1. The maximum absolute atomic E-state index is 13.1. The summed E-state index contributed by atoms with van der Waals surface area (Å²) in [4.78, 5) is 103. The van der Waals surface area contributed by atoms with E-state index in [4.69, 9.17) is 5.73 Å². The molecule has 0 saturated carbocycles. The summed E-state index contributed by atoms with van der Waals surface area (Å²) in [7, 11) is 0. The van der Waals surface area contributed by atoms with Crippen LogP contribution in [0, 0.1) is 5.92 Å². The zero-order valence-corrected chi connectivity index (χ0v) is 28.1. The van der Waals surface area contributed by atoms with E-state index in [1.165, 1.54) is 6.92 Å². The molecule has 1 aromatic carbocycles. The predicted octanol–water partition coefficient (Wildman–Crippen LogP) is -4.20. The van der Waals surface area contributed by atoms with Gasteiger partial charge in [0.15, 0.2) is 0 Å². The number of carbonyl (C=O) groups excluding carboxylic acids is 6. The first-order chi connectivity index (χ1) is 24.0. The third-order valence-electron chi connectivity index (χ3n) is 7.56. The number of H-pyrrole nitrogens is 1. The number of rotatable bonds is 20. The van der Waals surface area contributed by atoms with Gasteiger partial charge < -0.3 is 63.0 Å². The second kappa shape index (κ2) is 19.6. The molecule has 20 heteroatoms. The topological polar surface area (TPSA) is 331 Å². The van der Waals surface area contributed by atoms with Gasteiger partial charge in [0.25, 0.3) is 0 Å². The zero-order chi connectivity index (χ0) is 38.4. The normalized spacial score (nSPS) is 14.6. The molecular formula is C31H44N8O12. The number of para-hydroxylation sites is 1. The number of carboxylic acids is 2. The fourth-order valence-corrected chi connectivity index (χ4v) is 4.74. The molecule has 51 heavy (non-hydrogen) atoms. The van der Waals surface area contributed by atoms with Crippen molar-refractivity contribution in [2.45, 2.75) is 69.9 Å². The van der Waals surface area contributed by atoms with Gasteiger partial charge in [0, 0.05) is 23.5 Å². The largest absolute Gasteiger partial charge is 0.481 e. The van der Waals surface area contributed by atoms with Crippen molar-refractivity contribution >= 4 is 58.3 Å². The van der Waals surface area contributed by atoms with Crippen LogP contribution in [0.25, 0.3) is 10.9 Å². The first-order valence-electron chi connectivity index (χ1n) is 15.7. The average Bonchev–Trinajstić information content (AvgIpc) is 3.49. The van der Waals surface area contributed by atoms with E-state index in [0.29, 0.717) is 10.9 Å². The summed E-state index contributed by atoms with van der Waals surface area (Å²) in [6, 6.07) is -2.22. The molecule has 1 aromatic heterocycles. The molecule has 280 valence electrons. The lowest BCUT2D eigenvalue weighted by Gasteiger charge is -2.26. The smallest absolute Gasteiger partial charge is 0.326 e. The van der Waals surface area contributed by atoms with Gasteiger partial charge in [-0.25, -0.2) is 4.79 Å². The molecule has 2 aromatic rings. The van der Waals surface area contributed by atoms with Gasteiger partial charge in [0.1, 0.15) is 36.3 Å². The molecule has 1 heterocycles.